The van der Waals surface area contributed by atoms with Crippen molar-refractivity contribution in [2.75, 3.05) is 33.4 Å². The molecule has 3 rings (SSSR count). The number of β-lactam (4-membered cyclic amide) rings is 1. The number of aromatic nitrogens is 1. The van der Waals surface area contributed by atoms with Crippen LogP contribution >= 0.6 is 0 Å². The first-order valence-electron chi connectivity index (χ1n) is 9.13. The Bertz CT molecular complexity index is 806. The van der Waals surface area contributed by atoms with Crippen molar-refractivity contribution in [2.45, 2.75) is 30.2 Å². The zero-order chi connectivity index (χ0) is 19.4. The summed E-state index contributed by atoms with van der Waals surface area (Å²) in [4.78, 5) is 18.3. The van der Waals surface area contributed by atoms with Gasteiger partial charge < -0.3 is 9.64 Å². The zero-order valence-electron chi connectivity index (χ0n) is 15.5. The van der Waals surface area contributed by atoms with Gasteiger partial charge in [0.25, 0.3) is 0 Å². The highest BCUT2D eigenvalue weighted by Gasteiger charge is 2.48. The average molecular weight is 391 g/mol. The van der Waals surface area contributed by atoms with Gasteiger partial charge in [-0.1, -0.05) is 12.3 Å². The normalized spacial score (nSPS) is 24.9. The second-order valence-corrected chi connectivity index (χ2v) is 8.91. The number of pyridine rings is 1. The van der Waals surface area contributed by atoms with E-state index >= 15 is 0 Å². The smallest absolute Gasteiger partial charge is 0.244 e. The van der Waals surface area contributed by atoms with E-state index in [0.29, 0.717) is 26.1 Å². The lowest BCUT2D eigenvalue weighted by Crippen LogP contribution is -2.61. The number of nitrogens with zero attached hydrogens (tertiary/aromatic N) is 3. The van der Waals surface area contributed by atoms with Crippen molar-refractivity contribution in [1.82, 2.24) is 14.2 Å². The van der Waals surface area contributed by atoms with Crippen molar-refractivity contribution < 1.29 is 17.9 Å². The summed E-state index contributed by atoms with van der Waals surface area (Å²) in [6, 6.07) is 2.90. The second kappa shape index (κ2) is 8.38. The number of likely N-dealkylation sites (tertiary alicyclic amines) is 1. The van der Waals surface area contributed by atoms with Crippen molar-refractivity contribution in [1.29, 1.82) is 0 Å². The Hall–Kier alpha value is -1.95. The maximum Gasteiger partial charge on any atom is 0.244 e. The molecule has 3 atom stereocenters. The van der Waals surface area contributed by atoms with Gasteiger partial charge in [-0.2, -0.15) is 4.31 Å². The molecule has 0 aliphatic carbocycles. The van der Waals surface area contributed by atoms with E-state index < -0.39 is 10.0 Å². The quantitative estimate of drug-likeness (QED) is 0.511. The van der Waals surface area contributed by atoms with E-state index in [1.807, 2.05) is 0 Å². The first kappa shape index (κ1) is 19.8. The number of methoxy groups -OCH3 is 1. The minimum absolute atomic E-state index is 0.0145. The van der Waals surface area contributed by atoms with E-state index in [4.69, 9.17) is 11.2 Å². The fraction of sp³-hybridized carbons (Fsp3) is 0.579. The molecule has 146 valence electrons. The first-order chi connectivity index (χ1) is 13.0. The largest absolute Gasteiger partial charge is 0.384 e. The highest BCUT2D eigenvalue weighted by atomic mass is 32.2. The van der Waals surface area contributed by atoms with Gasteiger partial charge in [0, 0.05) is 44.6 Å². The number of carbonyl (C=O) groups is 1. The maximum absolute atomic E-state index is 13.2. The number of sulfonamides is 1. The van der Waals surface area contributed by atoms with Gasteiger partial charge in [-0.25, -0.2) is 8.42 Å². The third-order valence-electron chi connectivity index (χ3n) is 5.44. The molecule has 3 heterocycles. The number of amides is 1. The minimum Gasteiger partial charge on any atom is -0.384 e. The van der Waals surface area contributed by atoms with Crippen molar-refractivity contribution >= 4 is 15.9 Å². The van der Waals surface area contributed by atoms with Gasteiger partial charge in [0.15, 0.2) is 0 Å². The van der Waals surface area contributed by atoms with Crippen molar-refractivity contribution in [3.63, 3.8) is 0 Å². The molecule has 7 nitrogen and oxygen atoms in total. The molecule has 2 aliphatic heterocycles. The van der Waals surface area contributed by atoms with Crippen molar-refractivity contribution in [2.24, 2.45) is 11.8 Å². The van der Waals surface area contributed by atoms with Gasteiger partial charge in [-0.3, -0.25) is 9.78 Å². The Morgan fingerprint density at radius 1 is 1.44 bits per heavy atom. The van der Waals surface area contributed by atoms with E-state index in [2.05, 4.69) is 10.9 Å². The summed E-state index contributed by atoms with van der Waals surface area (Å²) in [5, 5.41) is 0. The van der Waals surface area contributed by atoms with Crippen LogP contribution in [0.2, 0.25) is 0 Å². The number of ether oxygens (including phenoxy) is 1. The number of hydrogen-bond acceptors (Lipinski definition) is 5. The molecule has 2 aliphatic rings. The summed E-state index contributed by atoms with van der Waals surface area (Å²) >= 11 is 0. The zero-order valence-corrected chi connectivity index (χ0v) is 16.3. The monoisotopic (exact) mass is 391 g/mol. The molecule has 2 saturated heterocycles. The van der Waals surface area contributed by atoms with Crippen LogP contribution in [0.1, 0.15) is 19.3 Å². The maximum atomic E-state index is 13.2. The Morgan fingerprint density at radius 3 is 2.89 bits per heavy atom. The highest BCUT2D eigenvalue weighted by Crippen LogP contribution is 2.36. The number of terminal acetylenes is 1. The predicted molar refractivity (Wildman–Crippen MR) is 100 cm³/mol. The molecule has 2 unspecified atom stereocenters. The van der Waals surface area contributed by atoms with Crippen LogP contribution in [0.5, 0.6) is 0 Å². The molecular formula is C19H25N3O4S. The molecule has 1 aromatic rings. The number of carbonyl (C=O) groups excluding carboxylic acids is 1. The minimum atomic E-state index is -3.68. The van der Waals surface area contributed by atoms with Gasteiger partial charge in [-0.15, -0.1) is 6.42 Å². The highest BCUT2D eigenvalue weighted by molar-refractivity contribution is 7.89. The molecule has 0 saturated carbocycles. The number of hydrogen-bond donors (Lipinski definition) is 0. The van der Waals surface area contributed by atoms with E-state index in [0.717, 1.165) is 12.8 Å². The topological polar surface area (TPSA) is 79.8 Å². The molecule has 8 heteroatoms. The summed E-state index contributed by atoms with van der Waals surface area (Å²) in [6.45, 7) is 1.62. The van der Waals surface area contributed by atoms with Gasteiger partial charge >= 0.3 is 0 Å². The lowest BCUT2D eigenvalue weighted by molar-refractivity contribution is -0.153. The third-order valence-corrected chi connectivity index (χ3v) is 7.35. The standard InChI is InChI=1S/C19H25N3O4S/c1-3-10-21-13-16(19(21)23)17(14-26-2)18-8-4-5-11-22(18)27(24,25)15-7-6-9-20-12-15/h1,6-7,9,12,16-18H,4-5,8,10-11,13-14H2,2H3/t16?,17-,18?/m0/s1. The number of rotatable bonds is 7. The summed E-state index contributed by atoms with van der Waals surface area (Å²) in [6.07, 6.45) is 10.7. The summed E-state index contributed by atoms with van der Waals surface area (Å²) in [5.41, 5.74) is 0. The SMILES string of the molecule is C#CCN1CC([C@H](COC)C2CCCCN2S(=O)(=O)c2cccnc2)C1=O. The van der Waals surface area contributed by atoms with E-state index in [-0.39, 0.29) is 35.2 Å². The molecule has 0 spiro atoms. The molecule has 27 heavy (non-hydrogen) atoms. The second-order valence-electron chi connectivity index (χ2n) is 7.02. The molecule has 0 bridgehead atoms. The summed E-state index contributed by atoms with van der Waals surface area (Å²) in [5.74, 6) is 2.02. The molecule has 0 N–H and O–H groups in total. The Kier molecular flexibility index (Phi) is 6.15. The van der Waals surface area contributed by atoms with Gasteiger partial charge in [-0.05, 0) is 25.0 Å². The van der Waals surface area contributed by atoms with E-state index in [1.54, 1.807) is 34.6 Å². The van der Waals surface area contributed by atoms with Gasteiger partial charge in [0.2, 0.25) is 15.9 Å². The van der Waals surface area contributed by atoms with E-state index in [9.17, 15) is 13.2 Å². The van der Waals surface area contributed by atoms with Crippen LogP contribution in [0.25, 0.3) is 0 Å². The third kappa shape index (κ3) is 3.86. The molecule has 1 aromatic heterocycles. The van der Waals surface area contributed by atoms with Gasteiger partial charge in [0.1, 0.15) is 4.90 Å². The molecule has 0 radical (unpaired) electrons. The Labute approximate surface area is 160 Å². The van der Waals surface area contributed by atoms with Crippen LogP contribution in [0.3, 0.4) is 0 Å². The van der Waals surface area contributed by atoms with Crippen LogP contribution < -0.4 is 0 Å². The van der Waals surface area contributed by atoms with Crippen LogP contribution in [0.15, 0.2) is 29.4 Å². The van der Waals surface area contributed by atoms with Crippen LogP contribution in [0, 0.1) is 24.2 Å². The molecular weight excluding hydrogens is 366 g/mol. The fourth-order valence-electron chi connectivity index (χ4n) is 4.08. The van der Waals surface area contributed by atoms with Crippen molar-refractivity contribution in [3.8, 4) is 12.3 Å². The Balaban J connectivity index is 1.87. The first-order valence-corrected chi connectivity index (χ1v) is 10.6. The van der Waals surface area contributed by atoms with E-state index in [1.165, 1.54) is 6.20 Å². The molecule has 0 aromatic carbocycles. The average Bonchev–Trinajstić information content (AvgIpc) is 2.70. The molecule has 1 amide bonds. The fourth-order valence-corrected chi connectivity index (χ4v) is 5.78. The summed E-state index contributed by atoms with van der Waals surface area (Å²) in [7, 11) is -2.09. The summed E-state index contributed by atoms with van der Waals surface area (Å²) < 4.78 is 33.3. The van der Waals surface area contributed by atoms with Gasteiger partial charge in [0.05, 0.1) is 19.1 Å². The van der Waals surface area contributed by atoms with Crippen molar-refractivity contribution in [3.05, 3.63) is 24.5 Å². The van der Waals surface area contributed by atoms with Crippen LogP contribution in [-0.2, 0) is 19.6 Å². The molecule has 2 fully saturated rings. The van der Waals surface area contributed by atoms with Crippen LogP contribution in [0.4, 0.5) is 0 Å². The van der Waals surface area contributed by atoms with Crippen LogP contribution in [-0.4, -0.2) is 67.9 Å². The predicted octanol–water partition coefficient (Wildman–Crippen LogP) is 0.979. The Morgan fingerprint density at radius 2 is 2.26 bits per heavy atom. The lowest BCUT2D eigenvalue weighted by atomic mass is 9.78. The number of piperidine rings is 1. The lowest BCUT2D eigenvalue weighted by Gasteiger charge is -2.47.